The number of halogens is 1. The van der Waals surface area contributed by atoms with Crippen LogP contribution in [0.4, 0.5) is 5.69 Å². The van der Waals surface area contributed by atoms with Gasteiger partial charge in [0, 0.05) is 17.3 Å². The van der Waals surface area contributed by atoms with E-state index in [2.05, 4.69) is 10.6 Å². The van der Waals surface area contributed by atoms with Crippen LogP contribution < -0.4 is 10.6 Å². The number of aliphatic hydroxyl groups excluding tert-OH is 1. The van der Waals surface area contributed by atoms with Crippen molar-refractivity contribution in [2.75, 3.05) is 11.9 Å². The number of carbonyl (C=O) groups is 2. The highest BCUT2D eigenvalue weighted by Gasteiger charge is 2.14. The zero-order valence-corrected chi connectivity index (χ0v) is 11.6. The molecular weight excluding hydrogens is 268 g/mol. The molecule has 1 rings (SSSR count). The Morgan fingerprint density at radius 2 is 2.05 bits per heavy atom. The summed E-state index contributed by atoms with van der Waals surface area (Å²) < 4.78 is 0. The van der Waals surface area contributed by atoms with Crippen molar-refractivity contribution in [2.45, 2.75) is 26.4 Å². The van der Waals surface area contributed by atoms with Crippen molar-refractivity contribution >= 4 is 29.1 Å². The first-order valence-electron chi connectivity index (χ1n) is 5.93. The standard InChI is InChI=1S/C13H17ClN2O3/c1-8-3-4-10(14)7-11(8)16-13(19)12(18)15-6-5-9(2)17/h3-4,7,9,17H,5-6H2,1-2H3,(H,15,18)(H,16,19). The molecule has 0 aliphatic carbocycles. The number of anilines is 1. The highest BCUT2D eigenvalue weighted by Crippen LogP contribution is 2.19. The fourth-order valence-corrected chi connectivity index (χ4v) is 1.55. The first-order chi connectivity index (χ1) is 8.90. The summed E-state index contributed by atoms with van der Waals surface area (Å²) in [6, 6.07) is 5.04. The van der Waals surface area contributed by atoms with Crippen LogP contribution in [0, 0.1) is 6.92 Å². The fraction of sp³-hybridized carbons (Fsp3) is 0.385. The van der Waals surface area contributed by atoms with Crippen LogP contribution in [0.25, 0.3) is 0 Å². The summed E-state index contributed by atoms with van der Waals surface area (Å²) in [4.78, 5) is 23.1. The number of carbonyl (C=O) groups excluding carboxylic acids is 2. The normalized spacial score (nSPS) is 11.8. The number of rotatable bonds is 4. The molecule has 104 valence electrons. The van der Waals surface area contributed by atoms with Gasteiger partial charge in [0.2, 0.25) is 0 Å². The highest BCUT2D eigenvalue weighted by molar-refractivity contribution is 6.40. The van der Waals surface area contributed by atoms with Gasteiger partial charge in [0.1, 0.15) is 0 Å². The molecule has 0 aliphatic heterocycles. The van der Waals surface area contributed by atoms with Gasteiger partial charge in [-0.25, -0.2) is 0 Å². The van der Waals surface area contributed by atoms with Crippen molar-refractivity contribution < 1.29 is 14.7 Å². The molecule has 1 aromatic rings. The summed E-state index contributed by atoms with van der Waals surface area (Å²) >= 11 is 5.82. The predicted octanol–water partition coefficient (Wildman–Crippen LogP) is 1.47. The minimum atomic E-state index is -0.754. The Morgan fingerprint density at radius 3 is 2.68 bits per heavy atom. The van der Waals surface area contributed by atoms with Gasteiger partial charge in [0.25, 0.3) is 0 Å². The maximum Gasteiger partial charge on any atom is 0.313 e. The zero-order valence-electron chi connectivity index (χ0n) is 10.9. The van der Waals surface area contributed by atoms with E-state index in [0.29, 0.717) is 17.1 Å². The van der Waals surface area contributed by atoms with E-state index < -0.39 is 17.9 Å². The van der Waals surface area contributed by atoms with Crippen LogP contribution in [-0.2, 0) is 9.59 Å². The molecule has 1 atom stereocenters. The van der Waals surface area contributed by atoms with E-state index in [0.717, 1.165) is 5.56 Å². The van der Waals surface area contributed by atoms with E-state index in [1.807, 2.05) is 0 Å². The van der Waals surface area contributed by atoms with Gasteiger partial charge in [-0.05, 0) is 38.0 Å². The molecule has 1 aromatic carbocycles. The van der Waals surface area contributed by atoms with Crippen molar-refractivity contribution in [1.29, 1.82) is 0 Å². The number of hydrogen-bond acceptors (Lipinski definition) is 3. The molecule has 0 fully saturated rings. The molecule has 0 saturated carbocycles. The summed E-state index contributed by atoms with van der Waals surface area (Å²) in [6.07, 6.45) is -0.117. The van der Waals surface area contributed by atoms with Gasteiger partial charge in [-0.2, -0.15) is 0 Å². The topological polar surface area (TPSA) is 78.4 Å². The predicted molar refractivity (Wildman–Crippen MR) is 74.1 cm³/mol. The SMILES string of the molecule is Cc1ccc(Cl)cc1NC(=O)C(=O)NCCC(C)O. The molecule has 6 heteroatoms. The number of nitrogens with one attached hydrogen (secondary N) is 2. The summed E-state index contributed by atoms with van der Waals surface area (Å²) in [5, 5.41) is 14.4. The number of aryl methyl sites for hydroxylation is 1. The Balaban J connectivity index is 2.54. The van der Waals surface area contributed by atoms with Crippen molar-refractivity contribution in [3.63, 3.8) is 0 Å². The molecule has 0 aliphatic rings. The van der Waals surface area contributed by atoms with E-state index in [9.17, 15) is 9.59 Å². The number of aliphatic hydroxyl groups is 1. The van der Waals surface area contributed by atoms with Gasteiger partial charge in [-0.1, -0.05) is 17.7 Å². The molecule has 0 bridgehead atoms. The van der Waals surface area contributed by atoms with Gasteiger partial charge >= 0.3 is 11.8 Å². The van der Waals surface area contributed by atoms with Crippen LogP contribution in [0.2, 0.25) is 5.02 Å². The molecular formula is C13H17ClN2O3. The number of amides is 2. The first-order valence-corrected chi connectivity index (χ1v) is 6.31. The molecule has 2 amide bonds. The molecule has 0 aromatic heterocycles. The van der Waals surface area contributed by atoms with Crippen LogP contribution in [0.1, 0.15) is 18.9 Å². The lowest BCUT2D eigenvalue weighted by Crippen LogP contribution is -2.36. The van der Waals surface area contributed by atoms with Gasteiger partial charge in [0.15, 0.2) is 0 Å². The summed E-state index contributed by atoms with van der Waals surface area (Å²) in [5.41, 5.74) is 1.32. The molecule has 1 unspecified atom stereocenters. The Bertz CT molecular complexity index is 475. The lowest BCUT2D eigenvalue weighted by atomic mass is 10.2. The highest BCUT2D eigenvalue weighted by atomic mass is 35.5. The summed E-state index contributed by atoms with van der Waals surface area (Å²) in [6.45, 7) is 3.66. The van der Waals surface area contributed by atoms with Gasteiger partial charge in [-0.15, -0.1) is 0 Å². The summed E-state index contributed by atoms with van der Waals surface area (Å²) in [5.74, 6) is -1.49. The fourth-order valence-electron chi connectivity index (χ4n) is 1.38. The Hall–Kier alpha value is -1.59. The largest absolute Gasteiger partial charge is 0.393 e. The van der Waals surface area contributed by atoms with Crippen LogP contribution in [-0.4, -0.2) is 29.6 Å². The second kappa shape index (κ2) is 7.11. The maximum absolute atomic E-state index is 11.6. The zero-order chi connectivity index (χ0) is 14.4. The van der Waals surface area contributed by atoms with E-state index in [4.69, 9.17) is 16.7 Å². The second-order valence-electron chi connectivity index (χ2n) is 4.31. The van der Waals surface area contributed by atoms with Gasteiger partial charge in [0.05, 0.1) is 6.10 Å². The monoisotopic (exact) mass is 284 g/mol. The van der Waals surface area contributed by atoms with Crippen molar-refractivity contribution in [3.05, 3.63) is 28.8 Å². The molecule has 5 nitrogen and oxygen atoms in total. The molecule has 0 radical (unpaired) electrons. The maximum atomic E-state index is 11.6. The summed E-state index contributed by atoms with van der Waals surface area (Å²) in [7, 11) is 0. The van der Waals surface area contributed by atoms with Gasteiger partial charge in [-0.3, -0.25) is 9.59 Å². The van der Waals surface area contributed by atoms with Crippen molar-refractivity contribution in [2.24, 2.45) is 0 Å². The minimum Gasteiger partial charge on any atom is -0.393 e. The average molecular weight is 285 g/mol. The van der Waals surface area contributed by atoms with Crippen molar-refractivity contribution in [3.8, 4) is 0 Å². The second-order valence-corrected chi connectivity index (χ2v) is 4.74. The number of benzene rings is 1. The molecule has 3 N–H and O–H groups in total. The quantitative estimate of drug-likeness (QED) is 0.733. The third-order valence-electron chi connectivity index (χ3n) is 2.50. The van der Waals surface area contributed by atoms with Crippen LogP contribution >= 0.6 is 11.6 Å². The molecule has 19 heavy (non-hydrogen) atoms. The lowest BCUT2D eigenvalue weighted by molar-refractivity contribution is -0.136. The average Bonchev–Trinajstić information content (AvgIpc) is 2.33. The van der Waals surface area contributed by atoms with E-state index in [-0.39, 0.29) is 6.54 Å². The van der Waals surface area contributed by atoms with E-state index in [1.54, 1.807) is 32.0 Å². The van der Waals surface area contributed by atoms with Crippen LogP contribution in [0.3, 0.4) is 0 Å². The van der Waals surface area contributed by atoms with Crippen LogP contribution in [0.5, 0.6) is 0 Å². The third kappa shape index (κ3) is 5.28. The third-order valence-corrected chi connectivity index (χ3v) is 2.74. The Morgan fingerprint density at radius 1 is 1.37 bits per heavy atom. The van der Waals surface area contributed by atoms with Gasteiger partial charge < -0.3 is 15.7 Å². The molecule has 0 spiro atoms. The smallest absolute Gasteiger partial charge is 0.313 e. The Labute approximate surface area is 117 Å². The van der Waals surface area contributed by atoms with Crippen LogP contribution in [0.15, 0.2) is 18.2 Å². The molecule has 0 saturated heterocycles. The van der Waals surface area contributed by atoms with E-state index in [1.165, 1.54) is 0 Å². The first kappa shape index (κ1) is 15.5. The minimum absolute atomic E-state index is 0.248. The number of hydrogen-bond donors (Lipinski definition) is 3. The molecule has 0 heterocycles. The lowest BCUT2D eigenvalue weighted by Gasteiger charge is -2.09. The van der Waals surface area contributed by atoms with E-state index >= 15 is 0 Å². The van der Waals surface area contributed by atoms with Crippen molar-refractivity contribution in [1.82, 2.24) is 5.32 Å². The Kier molecular flexibility index (Phi) is 5.79.